The predicted molar refractivity (Wildman–Crippen MR) is 75.7 cm³/mol. The van der Waals surface area contributed by atoms with Crippen LogP contribution in [0.4, 0.5) is 4.79 Å². The monoisotopic (exact) mass is 285 g/mol. The van der Waals surface area contributed by atoms with Gasteiger partial charge in [-0.2, -0.15) is 5.10 Å². The molecule has 0 saturated carbocycles. The lowest BCUT2D eigenvalue weighted by molar-refractivity contribution is -0.122. The first kappa shape index (κ1) is 13.2. The van der Waals surface area contributed by atoms with E-state index < -0.39 is 6.04 Å². The highest BCUT2D eigenvalue weighted by molar-refractivity contribution is 5.90. The van der Waals surface area contributed by atoms with Gasteiger partial charge < -0.3 is 16.0 Å². The molecule has 1 atom stereocenters. The highest BCUT2D eigenvalue weighted by Gasteiger charge is 2.26. The molecule has 3 rings (SSSR count). The minimum absolute atomic E-state index is 0.205. The molecule has 7 nitrogen and oxygen atoms in total. The summed E-state index contributed by atoms with van der Waals surface area (Å²) in [4.78, 5) is 23.0. The van der Waals surface area contributed by atoms with Gasteiger partial charge in [0.1, 0.15) is 6.04 Å². The minimum atomic E-state index is -0.519. The third kappa shape index (κ3) is 2.86. The number of nitrogens with one attached hydrogen (secondary N) is 3. The van der Waals surface area contributed by atoms with Crippen LogP contribution in [-0.4, -0.2) is 34.3 Å². The Labute approximate surface area is 121 Å². The quantitative estimate of drug-likeness (QED) is 0.748. The smallest absolute Gasteiger partial charge is 0.315 e. The number of benzene rings is 1. The number of aromatic nitrogens is 2. The van der Waals surface area contributed by atoms with Gasteiger partial charge in [0.25, 0.3) is 0 Å². The molecule has 1 unspecified atom stereocenters. The lowest BCUT2D eigenvalue weighted by Gasteiger charge is -2.13. The fraction of sp³-hybridized carbons (Fsp3) is 0.214. The zero-order valence-corrected chi connectivity index (χ0v) is 11.2. The average Bonchev–Trinajstić information content (AvgIpc) is 3.16. The molecule has 1 aliphatic rings. The Kier molecular flexibility index (Phi) is 3.55. The third-order valence-electron chi connectivity index (χ3n) is 3.28. The van der Waals surface area contributed by atoms with Crippen LogP contribution in [0.25, 0.3) is 5.69 Å². The summed E-state index contributed by atoms with van der Waals surface area (Å²) in [5, 5.41) is 12.1. The van der Waals surface area contributed by atoms with Crippen molar-refractivity contribution in [2.75, 3.05) is 6.54 Å². The molecule has 0 bridgehead atoms. The van der Waals surface area contributed by atoms with Gasteiger partial charge in [-0.3, -0.25) is 4.79 Å². The number of nitrogens with zero attached hydrogens (tertiary/aromatic N) is 2. The molecular weight excluding hydrogens is 270 g/mol. The molecule has 21 heavy (non-hydrogen) atoms. The Balaban J connectivity index is 1.68. The average molecular weight is 285 g/mol. The van der Waals surface area contributed by atoms with Crippen molar-refractivity contribution in [1.29, 1.82) is 0 Å². The highest BCUT2D eigenvalue weighted by Crippen LogP contribution is 2.13. The second-order valence-electron chi connectivity index (χ2n) is 4.70. The standard InChI is InChI=1S/C14H15N5O2/c20-13(11-9-16-14(21)18-11)15-8-10-4-1-2-5-12(10)19-7-3-6-17-19/h1-7,11H,8-9H2,(H,15,20)(H2,16,18,21). The van der Waals surface area contributed by atoms with Crippen molar-refractivity contribution in [2.45, 2.75) is 12.6 Å². The zero-order chi connectivity index (χ0) is 14.7. The summed E-state index contributed by atoms with van der Waals surface area (Å²) in [6, 6.07) is 8.71. The summed E-state index contributed by atoms with van der Waals surface area (Å²) in [7, 11) is 0. The van der Waals surface area contributed by atoms with Crippen molar-refractivity contribution in [3.05, 3.63) is 48.3 Å². The normalized spacial score (nSPS) is 17.1. The molecule has 1 saturated heterocycles. The number of carbonyl (C=O) groups excluding carboxylic acids is 2. The van der Waals surface area contributed by atoms with Crippen LogP contribution >= 0.6 is 0 Å². The van der Waals surface area contributed by atoms with Crippen molar-refractivity contribution < 1.29 is 9.59 Å². The maximum atomic E-state index is 12.0. The molecule has 7 heteroatoms. The van der Waals surface area contributed by atoms with Crippen LogP contribution in [0.1, 0.15) is 5.56 Å². The molecule has 0 radical (unpaired) electrons. The summed E-state index contributed by atoms with van der Waals surface area (Å²) < 4.78 is 1.75. The molecule has 1 aliphatic heterocycles. The Morgan fingerprint density at radius 3 is 2.95 bits per heavy atom. The Hall–Kier alpha value is -2.83. The van der Waals surface area contributed by atoms with Crippen LogP contribution in [0.2, 0.25) is 0 Å². The van der Waals surface area contributed by atoms with E-state index in [-0.39, 0.29) is 11.9 Å². The summed E-state index contributed by atoms with van der Waals surface area (Å²) in [5.74, 6) is -0.205. The SMILES string of the molecule is O=C1NCC(C(=O)NCc2ccccc2-n2cccn2)N1. The van der Waals surface area contributed by atoms with Gasteiger partial charge >= 0.3 is 6.03 Å². The van der Waals surface area contributed by atoms with Gasteiger partial charge in [0.15, 0.2) is 0 Å². The second-order valence-corrected chi connectivity index (χ2v) is 4.70. The van der Waals surface area contributed by atoms with Gasteiger partial charge in [-0.05, 0) is 17.7 Å². The molecule has 108 valence electrons. The fourth-order valence-electron chi connectivity index (χ4n) is 2.21. The maximum absolute atomic E-state index is 12.0. The molecule has 1 aromatic heterocycles. The third-order valence-corrected chi connectivity index (χ3v) is 3.28. The van der Waals surface area contributed by atoms with E-state index in [0.717, 1.165) is 11.3 Å². The molecule has 0 spiro atoms. The molecule has 1 fully saturated rings. The molecule has 1 aromatic carbocycles. The van der Waals surface area contributed by atoms with Crippen LogP contribution in [-0.2, 0) is 11.3 Å². The van der Waals surface area contributed by atoms with Crippen molar-refractivity contribution in [2.24, 2.45) is 0 Å². The van der Waals surface area contributed by atoms with Crippen molar-refractivity contribution in [1.82, 2.24) is 25.7 Å². The molecule has 2 aromatic rings. The van der Waals surface area contributed by atoms with E-state index in [9.17, 15) is 9.59 Å². The van der Waals surface area contributed by atoms with Crippen molar-refractivity contribution >= 4 is 11.9 Å². The molecule has 3 N–H and O–H groups in total. The number of hydrogen-bond donors (Lipinski definition) is 3. The maximum Gasteiger partial charge on any atom is 0.315 e. The van der Waals surface area contributed by atoms with E-state index in [1.807, 2.05) is 36.5 Å². The van der Waals surface area contributed by atoms with E-state index in [2.05, 4.69) is 21.0 Å². The van der Waals surface area contributed by atoms with Crippen LogP contribution in [0.15, 0.2) is 42.7 Å². The van der Waals surface area contributed by atoms with Crippen molar-refractivity contribution in [3.63, 3.8) is 0 Å². The van der Waals surface area contributed by atoms with E-state index in [1.54, 1.807) is 10.9 Å². The molecule has 2 heterocycles. The number of carbonyl (C=O) groups is 2. The number of amides is 3. The van der Waals surface area contributed by atoms with Gasteiger partial charge in [-0.15, -0.1) is 0 Å². The van der Waals surface area contributed by atoms with E-state index in [4.69, 9.17) is 0 Å². The van der Waals surface area contributed by atoms with Gasteiger partial charge in [0.2, 0.25) is 5.91 Å². The van der Waals surface area contributed by atoms with Crippen LogP contribution in [0, 0.1) is 0 Å². The highest BCUT2D eigenvalue weighted by atomic mass is 16.2. The Morgan fingerprint density at radius 1 is 1.38 bits per heavy atom. The van der Waals surface area contributed by atoms with E-state index >= 15 is 0 Å². The lowest BCUT2D eigenvalue weighted by Crippen LogP contribution is -2.42. The van der Waals surface area contributed by atoms with Gasteiger partial charge in [0.05, 0.1) is 5.69 Å². The summed E-state index contributed by atoms with van der Waals surface area (Å²) in [6.45, 7) is 0.687. The van der Waals surface area contributed by atoms with E-state index in [1.165, 1.54) is 0 Å². The summed E-state index contributed by atoms with van der Waals surface area (Å²) >= 11 is 0. The molecule has 0 aliphatic carbocycles. The zero-order valence-electron chi connectivity index (χ0n) is 11.2. The topological polar surface area (TPSA) is 88.1 Å². The summed E-state index contributed by atoms with van der Waals surface area (Å²) in [6.07, 6.45) is 3.55. The van der Waals surface area contributed by atoms with Crippen molar-refractivity contribution in [3.8, 4) is 5.69 Å². The van der Waals surface area contributed by atoms with Gasteiger partial charge in [-0.1, -0.05) is 18.2 Å². The van der Waals surface area contributed by atoms with Gasteiger partial charge in [0, 0.05) is 25.5 Å². The second kappa shape index (κ2) is 5.66. The van der Waals surface area contributed by atoms with E-state index in [0.29, 0.717) is 13.1 Å². The first-order valence-corrected chi connectivity index (χ1v) is 6.64. The van der Waals surface area contributed by atoms with Crippen LogP contribution in [0.5, 0.6) is 0 Å². The van der Waals surface area contributed by atoms with Gasteiger partial charge in [-0.25, -0.2) is 9.48 Å². The Morgan fingerprint density at radius 2 is 2.24 bits per heavy atom. The largest absolute Gasteiger partial charge is 0.350 e. The Bertz CT molecular complexity index is 653. The molecule has 3 amide bonds. The number of para-hydroxylation sites is 1. The number of rotatable bonds is 4. The first-order valence-electron chi connectivity index (χ1n) is 6.64. The van der Waals surface area contributed by atoms with Crippen LogP contribution in [0.3, 0.4) is 0 Å². The molecular formula is C14H15N5O2. The first-order chi connectivity index (χ1) is 10.2. The fourth-order valence-corrected chi connectivity index (χ4v) is 2.21. The number of urea groups is 1. The predicted octanol–water partition coefficient (Wildman–Crippen LogP) is 0.170. The lowest BCUT2D eigenvalue weighted by atomic mass is 10.1. The number of hydrogen-bond acceptors (Lipinski definition) is 3. The summed E-state index contributed by atoms with van der Waals surface area (Å²) in [5.41, 5.74) is 1.86. The van der Waals surface area contributed by atoms with Crippen LogP contribution < -0.4 is 16.0 Å². The minimum Gasteiger partial charge on any atom is -0.350 e.